The van der Waals surface area contributed by atoms with Gasteiger partial charge < -0.3 is 15.0 Å². The van der Waals surface area contributed by atoms with E-state index < -0.39 is 4.92 Å². The highest BCUT2D eigenvalue weighted by atomic mass is 16.6. The summed E-state index contributed by atoms with van der Waals surface area (Å²) in [5.41, 5.74) is 1.27. The van der Waals surface area contributed by atoms with E-state index in [1.807, 2.05) is 31.2 Å². The number of carbonyl (C=O) groups excluding carboxylic acids is 1. The molecule has 0 heterocycles. The molecule has 27 heavy (non-hydrogen) atoms. The van der Waals surface area contributed by atoms with Crippen LogP contribution >= 0.6 is 0 Å². The predicted octanol–water partition coefficient (Wildman–Crippen LogP) is 2.18. The van der Waals surface area contributed by atoms with Crippen molar-refractivity contribution in [2.24, 2.45) is 0 Å². The van der Waals surface area contributed by atoms with Crippen LogP contribution in [-0.2, 0) is 11.3 Å². The minimum absolute atomic E-state index is 0.0961. The van der Waals surface area contributed by atoms with Gasteiger partial charge in [0.25, 0.3) is 11.6 Å². The summed E-state index contributed by atoms with van der Waals surface area (Å²) >= 11 is 0. The van der Waals surface area contributed by atoms with Crippen LogP contribution in [0.3, 0.4) is 0 Å². The number of amides is 1. The number of nitrogens with zero attached hydrogens (tertiary/aromatic N) is 1. The SMILES string of the molecule is COc1ccc(C[NH+](C2CC2)[C@H](C)C(=O)Nc2ccccc2[N+](=O)[O-])cc1. The van der Waals surface area contributed by atoms with Crippen LogP contribution in [0.5, 0.6) is 5.75 Å². The second kappa shape index (κ2) is 8.18. The molecular formula is C20H24N3O4+. The van der Waals surface area contributed by atoms with Gasteiger partial charge in [0.2, 0.25) is 0 Å². The van der Waals surface area contributed by atoms with Crippen LogP contribution in [0.15, 0.2) is 48.5 Å². The number of nitro benzene ring substituents is 1. The monoisotopic (exact) mass is 370 g/mol. The van der Waals surface area contributed by atoms with Gasteiger partial charge in [0.1, 0.15) is 18.0 Å². The van der Waals surface area contributed by atoms with E-state index >= 15 is 0 Å². The van der Waals surface area contributed by atoms with Crippen LogP contribution in [0.4, 0.5) is 11.4 Å². The second-order valence-corrected chi connectivity index (χ2v) is 6.86. The molecule has 1 aliphatic rings. The molecule has 2 atom stereocenters. The molecule has 2 aromatic carbocycles. The van der Waals surface area contributed by atoms with Crippen LogP contribution in [0.2, 0.25) is 0 Å². The number of anilines is 1. The lowest BCUT2D eigenvalue weighted by Gasteiger charge is -2.25. The molecule has 0 radical (unpaired) electrons. The smallest absolute Gasteiger partial charge is 0.292 e. The number of nitro groups is 1. The molecule has 1 fully saturated rings. The van der Waals surface area contributed by atoms with Crippen molar-refractivity contribution in [3.63, 3.8) is 0 Å². The zero-order valence-corrected chi connectivity index (χ0v) is 15.5. The number of quaternary nitrogens is 1. The molecule has 2 aromatic rings. The molecule has 1 saturated carbocycles. The van der Waals surface area contributed by atoms with Crippen molar-refractivity contribution in [3.8, 4) is 5.75 Å². The van der Waals surface area contributed by atoms with Crippen molar-refractivity contribution in [2.45, 2.75) is 38.4 Å². The second-order valence-electron chi connectivity index (χ2n) is 6.86. The zero-order valence-electron chi connectivity index (χ0n) is 15.5. The molecule has 0 aromatic heterocycles. The molecule has 0 bridgehead atoms. The maximum atomic E-state index is 12.8. The molecule has 0 aliphatic heterocycles. The van der Waals surface area contributed by atoms with Crippen molar-refractivity contribution in [3.05, 3.63) is 64.2 Å². The van der Waals surface area contributed by atoms with Gasteiger partial charge in [-0.05, 0) is 37.3 Å². The highest BCUT2D eigenvalue weighted by molar-refractivity contribution is 5.95. The summed E-state index contributed by atoms with van der Waals surface area (Å²) in [6.45, 7) is 2.60. The first kappa shape index (κ1) is 18.8. The Morgan fingerprint density at radius 3 is 2.52 bits per heavy atom. The van der Waals surface area contributed by atoms with Crippen molar-refractivity contribution in [2.75, 3.05) is 12.4 Å². The predicted molar refractivity (Wildman–Crippen MR) is 102 cm³/mol. The molecular weight excluding hydrogens is 346 g/mol. The summed E-state index contributed by atoms with van der Waals surface area (Å²) in [4.78, 5) is 24.6. The highest BCUT2D eigenvalue weighted by Gasteiger charge is 2.39. The summed E-state index contributed by atoms with van der Waals surface area (Å²) in [5.74, 6) is 0.591. The van der Waals surface area contributed by atoms with E-state index in [4.69, 9.17) is 4.74 Å². The minimum atomic E-state index is -0.483. The number of hydrogen-bond donors (Lipinski definition) is 2. The highest BCUT2D eigenvalue weighted by Crippen LogP contribution is 2.23. The fourth-order valence-corrected chi connectivity index (χ4v) is 3.23. The molecule has 0 saturated heterocycles. The lowest BCUT2D eigenvalue weighted by molar-refractivity contribution is -0.938. The number of methoxy groups -OCH3 is 1. The van der Waals surface area contributed by atoms with Gasteiger partial charge in [-0.1, -0.05) is 12.1 Å². The molecule has 3 rings (SSSR count). The Morgan fingerprint density at radius 1 is 1.26 bits per heavy atom. The number of nitrogens with one attached hydrogen (secondary N) is 2. The van der Waals surface area contributed by atoms with E-state index in [0.717, 1.165) is 30.7 Å². The fraction of sp³-hybridized carbons (Fsp3) is 0.350. The Hall–Kier alpha value is -2.93. The molecule has 142 valence electrons. The van der Waals surface area contributed by atoms with Crippen molar-refractivity contribution in [1.82, 2.24) is 0 Å². The van der Waals surface area contributed by atoms with Gasteiger partial charge in [-0.3, -0.25) is 14.9 Å². The quantitative estimate of drug-likeness (QED) is 0.551. The van der Waals surface area contributed by atoms with Crippen molar-refractivity contribution >= 4 is 17.3 Å². The van der Waals surface area contributed by atoms with Gasteiger partial charge in [-0.15, -0.1) is 0 Å². The fourth-order valence-electron chi connectivity index (χ4n) is 3.23. The Labute approximate surface area is 158 Å². The van der Waals surface area contributed by atoms with Crippen LogP contribution in [0.25, 0.3) is 0 Å². The molecule has 1 amide bonds. The molecule has 1 unspecified atom stereocenters. The third kappa shape index (κ3) is 4.62. The number of rotatable bonds is 8. The van der Waals surface area contributed by atoms with Crippen LogP contribution in [0, 0.1) is 10.1 Å². The Balaban J connectivity index is 1.72. The van der Waals surface area contributed by atoms with Gasteiger partial charge >= 0.3 is 0 Å². The Kier molecular flexibility index (Phi) is 5.71. The third-order valence-electron chi connectivity index (χ3n) is 4.98. The molecule has 2 N–H and O–H groups in total. The Morgan fingerprint density at radius 2 is 1.93 bits per heavy atom. The number of para-hydroxylation sites is 2. The number of carbonyl (C=O) groups is 1. The standard InChI is InChI=1S/C20H23N3O4/c1-14(20(24)21-18-5-3-4-6-19(18)23(25)26)22(16-9-10-16)13-15-7-11-17(27-2)12-8-15/h3-8,11-12,14,16H,9-10,13H2,1-2H3,(H,21,24)/p+1/t14-/m1/s1. The van der Waals surface area contributed by atoms with Crippen LogP contribution in [0.1, 0.15) is 25.3 Å². The van der Waals surface area contributed by atoms with E-state index in [0.29, 0.717) is 6.04 Å². The maximum absolute atomic E-state index is 12.8. The maximum Gasteiger partial charge on any atom is 0.292 e. The molecule has 0 spiro atoms. The van der Waals surface area contributed by atoms with E-state index in [1.165, 1.54) is 11.0 Å². The summed E-state index contributed by atoms with van der Waals surface area (Å²) in [6.07, 6.45) is 2.18. The van der Waals surface area contributed by atoms with Gasteiger partial charge in [0, 0.05) is 24.5 Å². The topological polar surface area (TPSA) is 85.9 Å². The number of benzene rings is 2. The Bertz CT molecular complexity index is 818. The first-order chi connectivity index (χ1) is 13.0. The summed E-state index contributed by atoms with van der Waals surface area (Å²) < 4.78 is 5.19. The van der Waals surface area contributed by atoms with E-state index in [2.05, 4.69) is 5.32 Å². The lowest BCUT2D eigenvalue weighted by atomic mass is 10.1. The van der Waals surface area contributed by atoms with E-state index in [-0.39, 0.29) is 23.3 Å². The van der Waals surface area contributed by atoms with Crippen LogP contribution < -0.4 is 15.0 Å². The summed E-state index contributed by atoms with van der Waals surface area (Å²) in [6, 6.07) is 14.2. The zero-order chi connectivity index (χ0) is 19.4. The van der Waals surface area contributed by atoms with E-state index in [9.17, 15) is 14.9 Å². The molecule has 7 heteroatoms. The number of hydrogen-bond acceptors (Lipinski definition) is 4. The number of ether oxygens (including phenoxy) is 1. The summed E-state index contributed by atoms with van der Waals surface area (Å²) in [7, 11) is 1.63. The van der Waals surface area contributed by atoms with Crippen molar-refractivity contribution < 1.29 is 19.4 Å². The molecule has 1 aliphatic carbocycles. The summed E-state index contributed by atoms with van der Waals surface area (Å²) in [5, 5.41) is 13.9. The van der Waals surface area contributed by atoms with E-state index in [1.54, 1.807) is 25.3 Å². The third-order valence-corrected chi connectivity index (χ3v) is 4.98. The average molecular weight is 370 g/mol. The van der Waals surface area contributed by atoms with Crippen LogP contribution in [-0.4, -0.2) is 30.0 Å². The first-order valence-electron chi connectivity index (χ1n) is 9.02. The minimum Gasteiger partial charge on any atom is -0.497 e. The van der Waals surface area contributed by atoms with Gasteiger partial charge in [0.05, 0.1) is 18.1 Å². The van der Waals surface area contributed by atoms with Crippen molar-refractivity contribution in [1.29, 1.82) is 0 Å². The largest absolute Gasteiger partial charge is 0.497 e. The lowest BCUT2D eigenvalue weighted by Crippen LogP contribution is -3.16. The van der Waals surface area contributed by atoms with Gasteiger partial charge in [-0.2, -0.15) is 0 Å². The first-order valence-corrected chi connectivity index (χ1v) is 9.02. The van der Waals surface area contributed by atoms with Gasteiger partial charge in [-0.25, -0.2) is 0 Å². The normalized spacial score (nSPS) is 15.6. The average Bonchev–Trinajstić information content (AvgIpc) is 3.51. The van der Waals surface area contributed by atoms with Gasteiger partial charge in [0.15, 0.2) is 6.04 Å². The molecule has 7 nitrogen and oxygen atoms in total.